The number of carbonyl (C=O) groups is 1. The van der Waals surface area contributed by atoms with E-state index in [9.17, 15) is 4.79 Å². The summed E-state index contributed by atoms with van der Waals surface area (Å²) >= 11 is 6.84. The van der Waals surface area contributed by atoms with Gasteiger partial charge in [-0.3, -0.25) is 4.98 Å². The molecule has 0 unspecified atom stereocenters. The van der Waals surface area contributed by atoms with E-state index in [4.69, 9.17) is 16.3 Å². The number of aryl methyl sites for hydroxylation is 1. The van der Waals surface area contributed by atoms with Crippen molar-refractivity contribution in [2.45, 2.75) is 6.92 Å². The summed E-state index contributed by atoms with van der Waals surface area (Å²) in [6, 6.07) is 3.57. The van der Waals surface area contributed by atoms with Gasteiger partial charge in [0.25, 0.3) is 5.19 Å². The van der Waals surface area contributed by atoms with E-state index in [0.717, 1.165) is 17.0 Å². The van der Waals surface area contributed by atoms with Crippen molar-refractivity contribution in [2.75, 3.05) is 7.11 Å². The number of aromatic nitrogens is 2. The van der Waals surface area contributed by atoms with Crippen LogP contribution in [0.2, 0.25) is 5.15 Å². The number of methoxy groups -OCH3 is 1. The van der Waals surface area contributed by atoms with Gasteiger partial charge in [0.15, 0.2) is 10.0 Å². The minimum Gasteiger partial charge on any atom is -0.465 e. The Kier molecular flexibility index (Phi) is 3.78. The Labute approximate surface area is 112 Å². The van der Waals surface area contributed by atoms with E-state index in [2.05, 4.69) is 14.7 Å². The summed E-state index contributed by atoms with van der Waals surface area (Å²) in [4.78, 5) is 19.6. The maximum Gasteiger partial charge on any atom is 0.351 e. The summed E-state index contributed by atoms with van der Waals surface area (Å²) in [5.41, 5.74) is 0.884. The van der Waals surface area contributed by atoms with Gasteiger partial charge in [-0.1, -0.05) is 22.9 Å². The molecule has 0 saturated heterocycles. The van der Waals surface area contributed by atoms with E-state index < -0.39 is 5.97 Å². The number of esters is 1. The summed E-state index contributed by atoms with van der Waals surface area (Å²) in [5, 5.41) is 0.341. The minimum absolute atomic E-state index is 0.0712. The highest BCUT2D eigenvalue weighted by Gasteiger charge is 2.18. The van der Waals surface area contributed by atoms with E-state index >= 15 is 0 Å². The van der Waals surface area contributed by atoms with Gasteiger partial charge in [-0.2, -0.15) is 4.98 Å². The number of nitrogens with zero attached hydrogens (tertiary/aromatic N) is 2. The molecule has 2 rings (SSSR count). The molecule has 0 spiro atoms. The average Bonchev–Trinajstić information content (AvgIpc) is 2.72. The molecule has 0 aliphatic rings. The molecule has 0 aliphatic heterocycles. The molecule has 0 N–H and O–H groups in total. The summed E-state index contributed by atoms with van der Waals surface area (Å²) in [6.45, 7) is 1.87. The third-order valence-corrected chi connectivity index (χ3v) is 3.33. The molecule has 0 atom stereocenters. The van der Waals surface area contributed by atoms with Crippen LogP contribution in [0.25, 0.3) is 0 Å². The summed E-state index contributed by atoms with van der Waals surface area (Å²) in [7, 11) is 1.28. The summed E-state index contributed by atoms with van der Waals surface area (Å²) in [6.07, 6.45) is 1.57. The number of thiazole rings is 1. The highest BCUT2D eigenvalue weighted by Crippen LogP contribution is 2.32. The second kappa shape index (κ2) is 5.32. The maximum atomic E-state index is 11.3. The Hall–Kier alpha value is -1.66. The minimum atomic E-state index is -0.533. The molecule has 0 saturated carbocycles. The Bertz CT molecular complexity index is 568. The average molecular weight is 285 g/mol. The lowest BCUT2D eigenvalue weighted by molar-refractivity contribution is 0.0606. The van der Waals surface area contributed by atoms with Gasteiger partial charge in [0, 0.05) is 5.69 Å². The number of halogens is 1. The second-order valence-corrected chi connectivity index (χ2v) is 4.65. The van der Waals surface area contributed by atoms with Gasteiger partial charge in [0.1, 0.15) is 5.75 Å². The van der Waals surface area contributed by atoms with Crippen LogP contribution in [0, 0.1) is 6.92 Å². The van der Waals surface area contributed by atoms with Gasteiger partial charge >= 0.3 is 5.97 Å². The van der Waals surface area contributed by atoms with E-state index in [1.165, 1.54) is 7.11 Å². The molecule has 94 valence electrons. The molecule has 0 bridgehead atoms. The molecular weight excluding hydrogens is 276 g/mol. The quantitative estimate of drug-likeness (QED) is 0.811. The van der Waals surface area contributed by atoms with Crippen LogP contribution >= 0.6 is 22.9 Å². The number of rotatable bonds is 3. The SMILES string of the molecule is COC(=O)c1sc(Oc2ccc(C)nc2)nc1Cl. The highest BCUT2D eigenvalue weighted by molar-refractivity contribution is 7.15. The normalized spacial score (nSPS) is 10.2. The van der Waals surface area contributed by atoms with E-state index in [1.807, 2.05) is 13.0 Å². The number of hydrogen-bond donors (Lipinski definition) is 0. The van der Waals surface area contributed by atoms with E-state index in [-0.39, 0.29) is 15.2 Å². The van der Waals surface area contributed by atoms with E-state index in [1.54, 1.807) is 12.3 Å². The van der Waals surface area contributed by atoms with Crippen LogP contribution in [0.5, 0.6) is 10.9 Å². The lowest BCUT2D eigenvalue weighted by atomic mass is 10.4. The molecule has 0 aliphatic carbocycles. The Morgan fingerprint density at radius 2 is 2.22 bits per heavy atom. The summed E-state index contributed by atoms with van der Waals surface area (Å²) < 4.78 is 10.0. The molecule has 0 radical (unpaired) electrons. The Morgan fingerprint density at radius 3 is 2.83 bits per heavy atom. The fourth-order valence-electron chi connectivity index (χ4n) is 1.16. The van der Waals surface area contributed by atoms with Crippen LogP contribution in [-0.4, -0.2) is 23.0 Å². The molecule has 2 aromatic rings. The molecule has 0 amide bonds. The Balaban J connectivity index is 2.20. The molecule has 0 fully saturated rings. The van der Waals surface area contributed by atoms with Crippen molar-refractivity contribution in [2.24, 2.45) is 0 Å². The lowest BCUT2D eigenvalue weighted by Gasteiger charge is -2.00. The van der Waals surface area contributed by atoms with Gasteiger partial charge < -0.3 is 9.47 Å². The van der Waals surface area contributed by atoms with Crippen molar-refractivity contribution < 1.29 is 14.3 Å². The number of pyridine rings is 1. The number of carbonyl (C=O) groups excluding carboxylic acids is 1. The van der Waals surface area contributed by atoms with Gasteiger partial charge in [-0.05, 0) is 19.1 Å². The first kappa shape index (κ1) is 12.8. The smallest absolute Gasteiger partial charge is 0.351 e. The van der Waals surface area contributed by atoms with Crippen LogP contribution < -0.4 is 4.74 Å². The highest BCUT2D eigenvalue weighted by atomic mass is 35.5. The standard InChI is InChI=1S/C11H9ClN2O3S/c1-6-3-4-7(5-13-6)17-11-14-9(12)8(18-11)10(15)16-2/h3-5H,1-2H3. The van der Waals surface area contributed by atoms with Gasteiger partial charge in [-0.15, -0.1) is 0 Å². The maximum absolute atomic E-state index is 11.3. The first-order valence-electron chi connectivity index (χ1n) is 4.95. The van der Waals surface area contributed by atoms with Crippen molar-refractivity contribution in [1.82, 2.24) is 9.97 Å². The fourth-order valence-corrected chi connectivity index (χ4v) is 2.23. The van der Waals surface area contributed by atoms with Gasteiger partial charge in [0.2, 0.25) is 0 Å². The third-order valence-electron chi connectivity index (χ3n) is 2.03. The first-order valence-corrected chi connectivity index (χ1v) is 6.14. The first-order chi connectivity index (χ1) is 8.60. The van der Waals surface area contributed by atoms with Crippen molar-refractivity contribution in [3.05, 3.63) is 34.1 Å². The zero-order valence-electron chi connectivity index (χ0n) is 9.64. The molecule has 18 heavy (non-hydrogen) atoms. The third kappa shape index (κ3) is 2.77. The topological polar surface area (TPSA) is 61.3 Å². The number of ether oxygens (including phenoxy) is 2. The number of hydrogen-bond acceptors (Lipinski definition) is 6. The molecular formula is C11H9ClN2O3S. The van der Waals surface area contributed by atoms with Crippen LogP contribution in [0.15, 0.2) is 18.3 Å². The van der Waals surface area contributed by atoms with E-state index in [0.29, 0.717) is 5.75 Å². The predicted molar refractivity (Wildman–Crippen MR) is 67.5 cm³/mol. The van der Waals surface area contributed by atoms with Crippen LogP contribution in [0.3, 0.4) is 0 Å². The fraction of sp³-hybridized carbons (Fsp3) is 0.182. The van der Waals surface area contributed by atoms with Crippen molar-refractivity contribution >= 4 is 28.9 Å². The van der Waals surface area contributed by atoms with Crippen molar-refractivity contribution in [3.8, 4) is 10.9 Å². The van der Waals surface area contributed by atoms with Crippen molar-refractivity contribution in [3.63, 3.8) is 0 Å². The zero-order chi connectivity index (χ0) is 13.1. The molecule has 2 aromatic heterocycles. The monoisotopic (exact) mass is 284 g/mol. The second-order valence-electron chi connectivity index (χ2n) is 3.33. The van der Waals surface area contributed by atoms with Crippen LogP contribution in [-0.2, 0) is 4.74 Å². The zero-order valence-corrected chi connectivity index (χ0v) is 11.2. The molecule has 7 heteroatoms. The predicted octanol–water partition coefficient (Wildman–Crippen LogP) is 3.08. The summed E-state index contributed by atoms with van der Waals surface area (Å²) in [5.74, 6) is -0.00295. The molecule has 0 aromatic carbocycles. The largest absolute Gasteiger partial charge is 0.465 e. The molecule has 5 nitrogen and oxygen atoms in total. The van der Waals surface area contributed by atoms with Gasteiger partial charge in [-0.25, -0.2) is 4.79 Å². The van der Waals surface area contributed by atoms with Gasteiger partial charge in [0.05, 0.1) is 13.3 Å². The van der Waals surface area contributed by atoms with Crippen LogP contribution in [0.4, 0.5) is 0 Å². The van der Waals surface area contributed by atoms with Crippen LogP contribution in [0.1, 0.15) is 15.4 Å². The molecule has 2 heterocycles. The Morgan fingerprint density at radius 1 is 1.44 bits per heavy atom. The van der Waals surface area contributed by atoms with Crippen molar-refractivity contribution in [1.29, 1.82) is 0 Å². The lowest BCUT2D eigenvalue weighted by Crippen LogP contribution is -1.98.